The second-order valence-electron chi connectivity index (χ2n) is 10.9. The van der Waals surface area contributed by atoms with Gasteiger partial charge in [0.1, 0.15) is 5.60 Å². The van der Waals surface area contributed by atoms with E-state index in [4.69, 9.17) is 4.74 Å². The van der Waals surface area contributed by atoms with Crippen molar-refractivity contribution in [3.63, 3.8) is 0 Å². The van der Waals surface area contributed by atoms with Gasteiger partial charge in [0.25, 0.3) is 11.5 Å². The van der Waals surface area contributed by atoms with E-state index in [-0.39, 0.29) is 40.4 Å². The number of aromatic nitrogens is 3. The summed E-state index contributed by atoms with van der Waals surface area (Å²) in [5.74, 6) is -0.145. The molecule has 0 aliphatic carbocycles. The third kappa shape index (κ3) is 6.29. The first-order valence-electron chi connectivity index (χ1n) is 12.2. The van der Waals surface area contributed by atoms with Crippen molar-refractivity contribution >= 4 is 23.0 Å². The fraction of sp³-hybridized carbons (Fsp3) is 0.640. The third-order valence-electron chi connectivity index (χ3n) is 5.84. The number of nitrogens with zero attached hydrogens (tertiary/aromatic N) is 3. The van der Waals surface area contributed by atoms with Gasteiger partial charge in [-0.15, -0.1) is 0 Å². The minimum absolute atomic E-state index is 0.00314. The highest BCUT2D eigenvalue weighted by molar-refractivity contribution is 6.05. The number of ether oxygens (including phenoxy) is 1. The highest BCUT2D eigenvalue weighted by Crippen LogP contribution is 2.23. The van der Waals surface area contributed by atoms with Gasteiger partial charge >= 0.3 is 11.8 Å². The van der Waals surface area contributed by atoms with E-state index in [2.05, 4.69) is 15.3 Å². The van der Waals surface area contributed by atoms with E-state index < -0.39 is 22.9 Å². The highest BCUT2D eigenvalue weighted by Gasteiger charge is 2.29. The number of amides is 2. The standard InChI is InChI=1S/C25H37N5O5/c1-14(2)13-30-20-19(21(31)28-23(30)33)17(12-18(27-20)15(3)4)22(32)29-10-8-16(9-11-29)26-24(34)35-25(5,6)7/h12,14-16H,8-11,13H2,1-7H3,(H,26,34)(H,28,31,33). The molecule has 1 fully saturated rings. The molecule has 2 amide bonds. The Hall–Kier alpha value is -3.17. The monoisotopic (exact) mass is 487 g/mol. The van der Waals surface area contributed by atoms with Gasteiger partial charge in [-0.05, 0) is 51.5 Å². The predicted molar refractivity (Wildman–Crippen MR) is 134 cm³/mol. The molecule has 1 aliphatic heterocycles. The fourth-order valence-corrected chi connectivity index (χ4v) is 4.16. The van der Waals surface area contributed by atoms with E-state index >= 15 is 0 Å². The SMILES string of the molecule is CC(C)Cn1c(=O)[nH]c(=O)c2c(C(=O)N3CCC(NC(=O)OC(C)(C)C)CC3)cc(C(C)C)nc21. The summed E-state index contributed by atoms with van der Waals surface area (Å²) in [5.41, 5.74) is -0.597. The summed E-state index contributed by atoms with van der Waals surface area (Å²) in [4.78, 5) is 59.9. The Balaban J connectivity index is 1.92. The lowest BCUT2D eigenvalue weighted by atomic mass is 10.0. The second kappa shape index (κ2) is 10.2. The molecule has 0 spiro atoms. The summed E-state index contributed by atoms with van der Waals surface area (Å²) in [6.07, 6.45) is 0.664. The van der Waals surface area contributed by atoms with Crippen LogP contribution in [0.15, 0.2) is 15.7 Å². The largest absolute Gasteiger partial charge is 0.444 e. The average Bonchev–Trinajstić information content (AvgIpc) is 2.74. The molecule has 3 rings (SSSR count). The average molecular weight is 488 g/mol. The van der Waals surface area contributed by atoms with Crippen LogP contribution in [0.5, 0.6) is 0 Å². The van der Waals surface area contributed by atoms with E-state index in [1.54, 1.807) is 31.7 Å². The summed E-state index contributed by atoms with van der Waals surface area (Å²) in [5, 5.41) is 3.00. The van der Waals surface area contributed by atoms with E-state index in [1.165, 1.54) is 4.57 Å². The van der Waals surface area contributed by atoms with Crippen LogP contribution in [0.2, 0.25) is 0 Å². The first kappa shape index (κ1) is 26.4. The Bertz CT molecular complexity index is 1210. The van der Waals surface area contributed by atoms with Gasteiger partial charge in [-0.25, -0.2) is 14.6 Å². The van der Waals surface area contributed by atoms with Crippen LogP contribution >= 0.6 is 0 Å². The number of hydrogen-bond donors (Lipinski definition) is 2. The summed E-state index contributed by atoms with van der Waals surface area (Å²) in [6.45, 7) is 14.5. The molecular weight excluding hydrogens is 450 g/mol. The first-order chi connectivity index (χ1) is 16.3. The molecule has 1 aliphatic rings. The normalized spacial score (nSPS) is 15.2. The van der Waals surface area contributed by atoms with Crippen molar-refractivity contribution in [1.82, 2.24) is 24.8 Å². The van der Waals surface area contributed by atoms with Crippen molar-refractivity contribution in [2.75, 3.05) is 13.1 Å². The van der Waals surface area contributed by atoms with Crippen molar-refractivity contribution in [2.24, 2.45) is 5.92 Å². The van der Waals surface area contributed by atoms with Crippen LogP contribution in [0.25, 0.3) is 11.0 Å². The number of aromatic amines is 1. The lowest BCUT2D eigenvalue weighted by Gasteiger charge is -2.33. The molecule has 0 bridgehead atoms. The predicted octanol–water partition coefficient (Wildman–Crippen LogP) is 2.99. The number of rotatable bonds is 5. The van der Waals surface area contributed by atoms with Crippen molar-refractivity contribution < 1.29 is 14.3 Å². The van der Waals surface area contributed by atoms with Gasteiger partial charge in [0.05, 0.1) is 10.9 Å². The molecule has 35 heavy (non-hydrogen) atoms. The van der Waals surface area contributed by atoms with Gasteiger partial charge in [-0.1, -0.05) is 27.7 Å². The number of alkyl carbamates (subject to hydrolysis) is 1. The van der Waals surface area contributed by atoms with Crippen LogP contribution in [0.3, 0.4) is 0 Å². The number of H-pyrrole nitrogens is 1. The zero-order chi connectivity index (χ0) is 26.1. The molecule has 192 valence electrons. The number of nitrogens with one attached hydrogen (secondary N) is 2. The molecule has 0 atom stereocenters. The molecule has 0 radical (unpaired) electrons. The topological polar surface area (TPSA) is 126 Å². The molecule has 2 aromatic heterocycles. The van der Waals surface area contributed by atoms with E-state index in [9.17, 15) is 19.2 Å². The summed E-state index contributed by atoms with van der Waals surface area (Å²) < 4.78 is 6.77. The van der Waals surface area contributed by atoms with Gasteiger partial charge in [0.15, 0.2) is 5.65 Å². The third-order valence-corrected chi connectivity index (χ3v) is 5.84. The van der Waals surface area contributed by atoms with Gasteiger partial charge in [-0.2, -0.15) is 0 Å². The molecule has 3 heterocycles. The van der Waals surface area contributed by atoms with Gasteiger partial charge in [0.2, 0.25) is 0 Å². The lowest BCUT2D eigenvalue weighted by Crippen LogP contribution is -2.47. The van der Waals surface area contributed by atoms with Crippen LogP contribution < -0.4 is 16.6 Å². The zero-order valence-corrected chi connectivity index (χ0v) is 21.7. The quantitative estimate of drug-likeness (QED) is 0.668. The van der Waals surface area contributed by atoms with Crippen LogP contribution in [-0.4, -0.2) is 56.2 Å². The fourth-order valence-electron chi connectivity index (χ4n) is 4.16. The number of hydrogen-bond acceptors (Lipinski definition) is 6. The molecule has 0 aromatic carbocycles. The number of fused-ring (bicyclic) bond motifs is 1. The molecule has 0 saturated carbocycles. The van der Waals surface area contributed by atoms with Crippen LogP contribution in [-0.2, 0) is 11.3 Å². The lowest BCUT2D eigenvalue weighted by molar-refractivity contribution is 0.0473. The van der Waals surface area contributed by atoms with Gasteiger partial charge in [0, 0.05) is 31.4 Å². The maximum Gasteiger partial charge on any atom is 0.407 e. The van der Waals surface area contributed by atoms with Crippen molar-refractivity contribution in [3.05, 3.63) is 38.2 Å². The van der Waals surface area contributed by atoms with Crippen molar-refractivity contribution in [2.45, 2.75) is 85.4 Å². The first-order valence-corrected chi connectivity index (χ1v) is 12.2. The molecule has 1 saturated heterocycles. The second-order valence-corrected chi connectivity index (χ2v) is 10.9. The number of piperidine rings is 1. The van der Waals surface area contributed by atoms with E-state index in [0.29, 0.717) is 38.2 Å². The van der Waals surface area contributed by atoms with Crippen molar-refractivity contribution in [1.29, 1.82) is 0 Å². The van der Waals surface area contributed by atoms with E-state index in [0.717, 1.165) is 0 Å². The number of carbonyl (C=O) groups excluding carboxylic acids is 2. The van der Waals surface area contributed by atoms with Gasteiger partial charge in [-0.3, -0.25) is 19.1 Å². The molecular formula is C25H37N5O5. The molecule has 2 aromatic rings. The summed E-state index contributed by atoms with van der Waals surface area (Å²) in [6, 6.07) is 1.56. The minimum Gasteiger partial charge on any atom is -0.444 e. The maximum atomic E-state index is 13.6. The van der Waals surface area contributed by atoms with Crippen molar-refractivity contribution in [3.8, 4) is 0 Å². The molecule has 10 nitrogen and oxygen atoms in total. The number of likely N-dealkylation sites (tertiary alicyclic amines) is 1. The molecule has 2 N–H and O–H groups in total. The smallest absolute Gasteiger partial charge is 0.407 e. The Kier molecular flexibility index (Phi) is 7.71. The van der Waals surface area contributed by atoms with E-state index in [1.807, 2.05) is 27.7 Å². The van der Waals surface area contributed by atoms with Gasteiger partial charge < -0.3 is 15.0 Å². The Labute approximate surface area is 205 Å². The van der Waals surface area contributed by atoms with Crippen LogP contribution in [0, 0.1) is 5.92 Å². The molecule has 0 unspecified atom stereocenters. The Morgan fingerprint density at radius 3 is 2.34 bits per heavy atom. The zero-order valence-electron chi connectivity index (χ0n) is 21.7. The number of carbonyl (C=O) groups is 2. The Morgan fingerprint density at radius 1 is 1.17 bits per heavy atom. The minimum atomic E-state index is -0.613. The maximum absolute atomic E-state index is 13.6. The number of pyridine rings is 1. The van der Waals surface area contributed by atoms with Crippen LogP contribution in [0.1, 0.15) is 83.3 Å². The summed E-state index contributed by atoms with van der Waals surface area (Å²) >= 11 is 0. The Morgan fingerprint density at radius 2 is 1.80 bits per heavy atom. The van der Waals surface area contributed by atoms with Crippen LogP contribution in [0.4, 0.5) is 4.79 Å². The highest BCUT2D eigenvalue weighted by atomic mass is 16.6. The summed E-state index contributed by atoms with van der Waals surface area (Å²) in [7, 11) is 0. The molecule has 10 heteroatoms.